The topological polar surface area (TPSA) is 154 Å². The van der Waals surface area contributed by atoms with Gasteiger partial charge in [-0.25, -0.2) is 9.59 Å². The number of rotatable bonds is 11. The first-order valence-corrected chi connectivity index (χ1v) is 11.2. The molecule has 0 aliphatic rings. The largest absolute Gasteiger partial charge is 0.452 e. The SMILES string of the molecule is CCCCCN(C(=O)COC(=O)c1ccc(Cl)cc1N)c1c(N)n(CCCC)c(=O)[nH]c1=O. The summed E-state index contributed by atoms with van der Waals surface area (Å²) >= 11 is 5.84. The number of halogens is 1. The summed E-state index contributed by atoms with van der Waals surface area (Å²) in [6.45, 7) is 3.78. The number of carbonyl (C=O) groups is 2. The van der Waals surface area contributed by atoms with Crippen molar-refractivity contribution in [2.45, 2.75) is 52.5 Å². The number of unbranched alkanes of at least 4 members (excludes halogenated alkanes) is 3. The number of esters is 1. The van der Waals surface area contributed by atoms with Crippen molar-refractivity contribution in [2.75, 3.05) is 29.5 Å². The minimum atomic E-state index is -0.805. The van der Waals surface area contributed by atoms with E-state index in [9.17, 15) is 19.2 Å². The number of hydrogen-bond acceptors (Lipinski definition) is 7. The molecule has 0 spiro atoms. The lowest BCUT2D eigenvalue weighted by Gasteiger charge is -2.24. The normalized spacial score (nSPS) is 10.8. The van der Waals surface area contributed by atoms with Crippen molar-refractivity contribution >= 4 is 40.7 Å². The molecule has 2 aromatic rings. The molecule has 0 aliphatic heterocycles. The van der Waals surface area contributed by atoms with E-state index in [-0.39, 0.29) is 29.3 Å². The van der Waals surface area contributed by atoms with Gasteiger partial charge in [0.2, 0.25) is 0 Å². The molecule has 1 amide bonds. The first-order valence-electron chi connectivity index (χ1n) is 10.9. The molecule has 0 fully saturated rings. The lowest BCUT2D eigenvalue weighted by Crippen LogP contribution is -2.43. The fourth-order valence-corrected chi connectivity index (χ4v) is 3.44. The number of nitrogen functional groups attached to an aromatic ring is 2. The van der Waals surface area contributed by atoms with Crippen molar-refractivity contribution in [1.82, 2.24) is 9.55 Å². The molecule has 33 heavy (non-hydrogen) atoms. The van der Waals surface area contributed by atoms with Gasteiger partial charge in [0.25, 0.3) is 11.5 Å². The lowest BCUT2D eigenvalue weighted by atomic mass is 10.2. The van der Waals surface area contributed by atoms with E-state index < -0.39 is 29.7 Å². The molecule has 0 saturated heterocycles. The number of H-pyrrole nitrogens is 1. The Bertz CT molecular complexity index is 1110. The maximum Gasteiger partial charge on any atom is 0.340 e. The molecule has 0 aliphatic carbocycles. The number of ether oxygens (including phenoxy) is 1. The number of aromatic amines is 1. The average molecular weight is 480 g/mol. The van der Waals surface area contributed by atoms with E-state index in [1.807, 2.05) is 13.8 Å². The summed E-state index contributed by atoms with van der Waals surface area (Å²) in [6.07, 6.45) is 3.75. The Hall–Kier alpha value is -3.27. The van der Waals surface area contributed by atoms with Gasteiger partial charge in [-0.2, -0.15) is 0 Å². The van der Waals surface area contributed by atoms with Crippen LogP contribution in [0.3, 0.4) is 0 Å². The highest BCUT2D eigenvalue weighted by molar-refractivity contribution is 6.31. The first kappa shape index (κ1) is 26.0. The van der Waals surface area contributed by atoms with E-state index in [2.05, 4.69) is 4.98 Å². The second-order valence-electron chi connectivity index (χ2n) is 7.56. The summed E-state index contributed by atoms with van der Waals surface area (Å²) in [5.41, 5.74) is 10.6. The molecule has 11 heteroatoms. The molecular formula is C22H30ClN5O5. The molecule has 1 heterocycles. The number of nitrogens with two attached hydrogens (primary N) is 2. The number of hydrogen-bond donors (Lipinski definition) is 3. The fraction of sp³-hybridized carbons (Fsp3) is 0.455. The zero-order valence-corrected chi connectivity index (χ0v) is 19.6. The van der Waals surface area contributed by atoms with Crippen LogP contribution in [-0.4, -0.2) is 34.6 Å². The van der Waals surface area contributed by atoms with E-state index in [4.69, 9.17) is 27.8 Å². The Morgan fingerprint density at radius 1 is 1.12 bits per heavy atom. The highest BCUT2D eigenvalue weighted by atomic mass is 35.5. The van der Waals surface area contributed by atoms with Crippen LogP contribution in [0.25, 0.3) is 0 Å². The number of anilines is 3. The van der Waals surface area contributed by atoms with Gasteiger partial charge in [0, 0.05) is 23.8 Å². The number of nitrogens with one attached hydrogen (secondary N) is 1. The zero-order chi connectivity index (χ0) is 24.5. The number of aromatic nitrogens is 2. The number of carbonyl (C=O) groups excluding carboxylic acids is 2. The van der Waals surface area contributed by atoms with Crippen LogP contribution in [0.1, 0.15) is 56.3 Å². The van der Waals surface area contributed by atoms with Gasteiger partial charge in [-0.15, -0.1) is 0 Å². The summed E-state index contributed by atoms with van der Waals surface area (Å²) in [5, 5.41) is 0.357. The Morgan fingerprint density at radius 3 is 2.45 bits per heavy atom. The monoisotopic (exact) mass is 479 g/mol. The van der Waals surface area contributed by atoms with Crippen LogP contribution < -0.4 is 27.6 Å². The first-order chi connectivity index (χ1) is 15.7. The summed E-state index contributed by atoms with van der Waals surface area (Å²) in [5.74, 6) is -1.55. The van der Waals surface area contributed by atoms with Crippen molar-refractivity contribution in [1.29, 1.82) is 0 Å². The lowest BCUT2D eigenvalue weighted by molar-refractivity contribution is -0.121. The van der Waals surface area contributed by atoms with Crippen LogP contribution in [0, 0.1) is 0 Å². The predicted molar refractivity (Wildman–Crippen MR) is 129 cm³/mol. The van der Waals surface area contributed by atoms with Gasteiger partial charge in [0.15, 0.2) is 12.3 Å². The van der Waals surface area contributed by atoms with Gasteiger partial charge in [0.05, 0.1) is 5.56 Å². The molecule has 0 atom stereocenters. The van der Waals surface area contributed by atoms with Crippen LogP contribution in [0.2, 0.25) is 5.02 Å². The van der Waals surface area contributed by atoms with Crippen molar-refractivity contribution in [3.8, 4) is 0 Å². The van der Waals surface area contributed by atoms with Gasteiger partial charge >= 0.3 is 11.7 Å². The van der Waals surface area contributed by atoms with E-state index in [1.165, 1.54) is 27.7 Å². The van der Waals surface area contributed by atoms with Crippen molar-refractivity contribution in [3.63, 3.8) is 0 Å². The van der Waals surface area contributed by atoms with Crippen molar-refractivity contribution in [3.05, 3.63) is 49.6 Å². The van der Waals surface area contributed by atoms with Crippen molar-refractivity contribution < 1.29 is 14.3 Å². The second kappa shape index (κ2) is 12.1. The zero-order valence-electron chi connectivity index (χ0n) is 18.9. The third-order valence-corrected chi connectivity index (χ3v) is 5.30. The number of amides is 1. The third-order valence-electron chi connectivity index (χ3n) is 5.07. The molecule has 1 aromatic heterocycles. The van der Waals surface area contributed by atoms with Gasteiger partial charge in [0.1, 0.15) is 5.82 Å². The molecule has 5 N–H and O–H groups in total. The average Bonchev–Trinajstić information content (AvgIpc) is 2.76. The van der Waals surface area contributed by atoms with Gasteiger partial charge in [-0.3, -0.25) is 19.1 Å². The smallest absolute Gasteiger partial charge is 0.340 e. The Balaban J connectivity index is 2.32. The molecule has 2 rings (SSSR count). The molecule has 180 valence electrons. The van der Waals surface area contributed by atoms with Crippen LogP contribution in [0.5, 0.6) is 0 Å². The molecule has 0 unspecified atom stereocenters. The van der Waals surface area contributed by atoms with Crippen LogP contribution in [0.4, 0.5) is 17.2 Å². The molecule has 1 aromatic carbocycles. The fourth-order valence-electron chi connectivity index (χ4n) is 3.26. The van der Waals surface area contributed by atoms with Gasteiger partial charge in [-0.1, -0.05) is 44.7 Å². The molecule has 0 radical (unpaired) electrons. The minimum absolute atomic E-state index is 0.0650. The standard InChI is InChI=1S/C22H30ClN5O5/c1-3-5-7-11-27(18-19(25)28(10-6-4-2)22(32)26-20(18)30)17(29)13-33-21(31)15-9-8-14(23)12-16(15)24/h8-9,12H,3-7,10-11,13,24-25H2,1-2H3,(H,26,30,32). The third kappa shape index (κ3) is 6.61. The van der Waals surface area contributed by atoms with E-state index in [0.29, 0.717) is 24.4 Å². The van der Waals surface area contributed by atoms with Crippen LogP contribution >= 0.6 is 11.6 Å². The Labute approximate surface area is 196 Å². The minimum Gasteiger partial charge on any atom is -0.452 e. The van der Waals surface area contributed by atoms with E-state index in [1.54, 1.807) is 0 Å². The summed E-state index contributed by atoms with van der Waals surface area (Å²) in [7, 11) is 0. The highest BCUT2D eigenvalue weighted by Crippen LogP contribution is 2.20. The molecule has 0 bridgehead atoms. The van der Waals surface area contributed by atoms with Gasteiger partial charge in [-0.05, 0) is 31.0 Å². The number of benzene rings is 1. The van der Waals surface area contributed by atoms with E-state index >= 15 is 0 Å². The quantitative estimate of drug-likeness (QED) is 0.254. The Morgan fingerprint density at radius 2 is 1.82 bits per heavy atom. The van der Waals surface area contributed by atoms with Gasteiger partial charge < -0.3 is 21.1 Å². The summed E-state index contributed by atoms with van der Waals surface area (Å²) in [6, 6.07) is 4.28. The highest BCUT2D eigenvalue weighted by Gasteiger charge is 2.25. The van der Waals surface area contributed by atoms with Crippen LogP contribution in [-0.2, 0) is 16.1 Å². The number of nitrogens with zero attached hydrogens (tertiary/aromatic N) is 2. The second-order valence-corrected chi connectivity index (χ2v) is 7.99. The van der Waals surface area contributed by atoms with Crippen molar-refractivity contribution in [2.24, 2.45) is 0 Å². The maximum absolute atomic E-state index is 13.0. The summed E-state index contributed by atoms with van der Waals surface area (Å²) < 4.78 is 6.38. The predicted octanol–water partition coefficient (Wildman–Crippen LogP) is 2.53. The van der Waals surface area contributed by atoms with E-state index in [0.717, 1.165) is 19.3 Å². The molecular weight excluding hydrogens is 450 g/mol. The van der Waals surface area contributed by atoms with Crippen LogP contribution in [0.15, 0.2) is 27.8 Å². The summed E-state index contributed by atoms with van der Waals surface area (Å²) in [4.78, 5) is 53.7. The maximum atomic E-state index is 13.0. The Kier molecular flexibility index (Phi) is 9.53. The molecule has 10 nitrogen and oxygen atoms in total. The molecule has 0 saturated carbocycles.